The number of nitrogens with one attached hydrogen (secondary N) is 1. The van der Waals surface area contributed by atoms with Crippen molar-refractivity contribution < 1.29 is 0 Å². The van der Waals surface area contributed by atoms with Crippen molar-refractivity contribution in [2.45, 2.75) is 32.5 Å². The molecule has 0 saturated carbocycles. The van der Waals surface area contributed by atoms with Gasteiger partial charge in [-0.2, -0.15) is 0 Å². The van der Waals surface area contributed by atoms with Crippen molar-refractivity contribution in [2.75, 3.05) is 13.1 Å². The topological polar surface area (TPSA) is 28.2 Å². The lowest BCUT2D eigenvalue weighted by Crippen LogP contribution is -2.53. The normalized spacial score (nSPS) is 24.3. The summed E-state index contributed by atoms with van der Waals surface area (Å²) < 4.78 is 1.29. The highest BCUT2D eigenvalue weighted by Gasteiger charge is 2.23. The molecule has 0 spiro atoms. The lowest BCUT2D eigenvalue weighted by molar-refractivity contribution is 0.139. The first kappa shape index (κ1) is 14.7. The van der Waals surface area contributed by atoms with E-state index in [1.165, 1.54) is 9.71 Å². The van der Waals surface area contributed by atoms with Crippen LogP contribution in [-0.4, -0.2) is 35.1 Å². The maximum atomic E-state index is 4.72. The third-order valence-corrected chi connectivity index (χ3v) is 4.59. The third-order valence-electron chi connectivity index (χ3n) is 3.57. The average Bonchev–Trinajstić information content (AvgIpc) is 2.76. The summed E-state index contributed by atoms with van der Waals surface area (Å²) in [6.45, 7) is 7.69. The molecule has 1 aromatic heterocycles. The second-order valence-electron chi connectivity index (χ2n) is 5.16. The summed E-state index contributed by atoms with van der Waals surface area (Å²) in [7, 11) is 0. The van der Waals surface area contributed by atoms with Crippen LogP contribution in [-0.2, 0) is 6.54 Å². The molecule has 0 radical (unpaired) electrons. The van der Waals surface area contributed by atoms with E-state index in [0.29, 0.717) is 12.1 Å². The van der Waals surface area contributed by atoms with Gasteiger partial charge < -0.3 is 5.32 Å². The molecule has 2 atom stereocenters. The van der Waals surface area contributed by atoms with E-state index >= 15 is 0 Å². The number of fused-ring (bicyclic) bond motifs is 1. The van der Waals surface area contributed by atoms with Crippen molar-refractivity contribution in [3.05, 3.63) is 29.3 Å². The molecule has 5 heteroatoms. The largest absolute Gasteiger partial charge is 0.311 e. The zero-order valence-corrected chi connectivity index (χ0v) is 12.9. The molecule has 2 aromatic rings. The van der Waals surface area contributed by atoms with E-state index < -0.39 is 0 Å². The second-order valence-corrected chi connectivity index (χ2v) is 6.28. The summed E-state index contributed by atoms with van der Waals surface area (Å²) in [5.74, 6) is 0. The van der Waals surface area contributed by atoms with Crippen LogP contribution in [0.2, 0.25) is 0 Å². The maximum absolute atomic E-state index is 4.72. The molecule has 0 amide bonds. The van der Waals surface area contributed by atoms with Crippen molar-refractivity contribution in [3.63, 3.8) is 0 Å². The minimum absolute atomic E-state index is 0. The minimum atomic E-state index is 0. The summed E-state index contributed by atoms with van der Waals surface area (Å²) in [5, 5.41) is 4.75. The monoisotopic (exact) mass is 297 g/mol. The summed E-state index contributed by atoms with van der Waals surface area (Å²) >= 11 is 1.82. The van der Waals surface area contributed by atoms with Gasteiger partial charge in [-0.1, -0.05) is 12.1 Å². The lowest BCUT2D eigenvalue weighted by Gasteiger charge is -2.36. The molecule has 1 saturated heterocycles. The molecule has 2 unspecified atom stereocenters. The highest BCUT2D eigenvalue weighted by Crippen LogP contribution is 2.23. The van der Waals surface area contributed by atoms with Gasteiger partial charge in [-0.05, 0) is 26.0 Å². The van der Waals surface area contributed by atoms with Crippen LogP contribution in [0.5, 0.6) is 0 Å². The molecule has 1 aliphatic heterocycles. The number of hydrogen-bond acceptors (Lipinski definition) is 4. The standard InChI is InChI=1S/C14H19N3S.ClH/c1-10-8-17(11(2)7-15-10)9-14-16-12-5-3-4-6-13(12)18-14;/h3-6,10-11,15H,7-9H2,1-2H3;1H. The van der Waals surface area contributed by atoms with Gasteiger partial charge in [0.1, 0.15) is 5.01 Å². The van der Waals surface area contributed by atoms with Crippen LogP contribution in [0, 0.1) is 0 Å². The number of benzene rings is 1. The maximum Gasteiger partial charge on any atom is 0.108 e. The first-order chi connectivity index (χ1) is 8.72. The van der Waals surface area contributed by atoms with Gasteiger partial charge in [0.05, 0.1) is 16.8 Å². The average molecular weight is 298 g/mol. The fourth-order valence-electron chi connectivity index (χ4n) is 2.48. The molecule has 1 N–H and O–H groups in total. The minimum Gasteiger partial charge on any atom is -0.311 e. The summed E-state index contributed by atoms with van der Waals surface area (Å²) in [6, 6.07) is 9.56. The van der Waals surface area contributed by atoms with Crippen molar-refractivity contribution in [3.8, 4) is 0 Å². The molecular formula is C14H20ClN3S. The molecule has 0 aliphatic carbocycles. The predicted molar refractivity (Wildman–Crippen MR) is 84.2 cm³/mol. The van der Waals surface area contributed by atoms with Crippen LogP contribution in [0.15, 0.2) is 24.3 Å². The molecule has 3 rings (SSSR count). The number of thiazole rings is 1. The Morgan fingerprint density at radius 1 is 1.37 bits per heavy atom. The molecule has 2 heterocycles. The number of hydrogen-bond donors (Lipinski definition) is 1. The van der Waals surface area contributed by atoms with Gasteiger partial charge in [-0.3, -0.25) is 4.90 Å². The first-order valence-corrected chi connectivity index (χ1v) is 7.36. The Hall–Kier alpha value is -0.680. The second kappa shape index (κ2) is 6.18. The first-order valence-electron chi connectivity index (χ1n) is 6.54. The van der Waals surface area contributed by atoms with E-state index in [9.17, 15) is 0 Å². The zero-order valence-electron chi connectivity index (χ0n) is 11.3. The van der Waals surface area contributed by atoms with Gasteiger partial charge >= 0.3 is 0 Å². The van der Waals surface area contributed by atoms with Crippen LogP contribution >= 0.6 is 23.7 Å². The van der Waals surface area contributed by atoms with Crippen LogP contribution in [0.25, 0.3) is 10.2 Å². The number of para-hydroxylation sites is 1. The van der Waals surface area contributed by atoms with E-state index in [0.717, 1.165) is 25.2 Å². The van der Waals surface area contributed by atoms with Gasteiger partial charge in [0, 0.05) is 25.2 Å². The van der Waals surface area contributed by atoms with Gasteiger partial charge in [0.15, 0.2) is 0 Å². The fourth-order valence-corrected chi connectivity index (χ4v) is 3.47. The third kappa shape index (κ3) is 3.26. The number of rotatable bonds is 2. The Balaban J connectivity index is 0.00000133. The van der Waals surface area contributed by atoms with Crippen molar-refractivity contribution in [1.29, 1.82) is 0 Å². The Labute approximate surface area is 124 Å². The molecule has 104 valence electrons. The van der Waals surface area contributed by atoms with E-state index in [4.69, 9.17) is 4.98 Å². The number of piperazine rings is 1. The van der Waals surface area contributed by atoms with E-state index in [1.807, 2.05) is 11.3 Å². The highest BCUT2D eigenvalue weighted by molar-refractivity contribution is 7.18. The van der Waals surface area contributed by atoms with E-state index in [1.54, 1.807) is 0 Å². The van der Waals surface area contributed by atoms with Gasteiger partial charge in [0.25, 0.3) is 0 Å². The Kier molecular flexibility index (Phi) is 4.79. The smallest absolute Gasteiger partial charge is 0.108 e. The molecule has 0 bridgehead atoms. The molecule has 3 nitrogen and oxygen atoms in total. The number of nitrogens with zero attached hydrogens (tertiary/aromatic N) is 2. The molecular weight excluding hydrogens is 278 g/mol. The summed E-state index contributed by atoms with van der Waals surface area (Å²) in [6.07, 6.45) is 0. The Morgan fingerprint density at radius 2 is 2.16 bits per heavy atom. The van der Waals surface area contributed by atoms with Crippen molar-refractivity contribution >= 4 is 34.0 Å². The summed E-state index contributed by atoms with van der Waals surface area (Å²) in [5.41, 5.74) is 1.13. The van der Waals surface area contributed by atoms with Crippen LogP contribution in [0.1, 0.15) is 18.9 Å². The van der Waals surface area contributed by atoms with E-state index in [2.05, 4.69) is 48.3 Å². The van der Waals surface area contributed by atoms with Crippen LogP contribution in [0.4, 0.5) is 0 Å². The Morgan fingerprint density at radius 3 is 2.95 bits per heavy atom. The summed E-state index contributed by atoms with van der Waals surface area (Å²) in [4.78, 5) is 7.25. The molecule has 1 aromatic carbocycles. The molecule has 1 aliphatic rings. The highest BCUT2D eigenvalue weighted by atomic mass is 35.5. The van der Waals surface area contributed by atoms with Gasteiger partial charge in [-0.25, -0.2) is 4.98 Å². The van der Waals surface area contributed by atoms with Crippen LogP contribution < -0.4 is 5.32 Å². The fraction of sp³-hybridized carbons (Fsp3) is 0.500. The molecule has 1 fully saturated rings. The van der Waals surface area contributed by atoms with E-state index in [-0.39, 0.29) is 12.4 Å². The quantitative estimate of drug-likeness (QED) is 0.924. The predicted octanol–water partition coefficient (Wildman–Crippen LogP) is 2.90. The van der Waals surface area contributed by atoms with Gasteiger partial charge in [0.2, 0.25) is 0 Å². The van der Waals surface area contributed by atoms with Crippen molar-refractivity contribution in [1.82, 2.24) is 15.2 Å². The van der Waals surface area contributed by atoms with Gasteiger partial charge in [-0.15, -0.1) is 23.7 Å². The SMILES string of the molecule is CC1CN(Cc2nc3ccccc3s2)C(C)CN1.Cl. The lowest BCUT2D eigenvalue weighted by atomic mass is 10.1. The molecule has 19 heavy (non-hydrogen) atoms. The number of halogens is 1. The number of aromatic nitrogens is 1. The zero-order chi connectivity index (χ0) is 12.5. The van der Waals surface area contributed by atoms with Crippen LogP contribution in [0.3, 0.4) is 0 Å². The van der Waals surface area contributed by atoms with Crippen molar-refractivity contribution in [2.24, 2.45) is 0 Å². The Bertz CT molecular complexity index is 509.